The van der Waals surface area contributed by atoms with Crippen molar-refractivity contribution >= 4 is 5.97 Å². The van der Waals surface area contributed by atoms with Crippen molar-refractivity contribution in [3.8, 4) is 5.75 Å². The molecule has 0 saturated heterocycles. The largest absolute Gasteiger partial charge is 0.496 e. The summed E-state index contributed by atoms with van der Waals surface area (Å²) in [5, 5.41) is 12.1. The van der Waals surface area contributed by atoms with Gasteiger partial charge in [0.05, 0.1) is 7.11 Å². The van der Waals surface area contributed by atoms with Gasteiger partial charge in [-0.2, -0.15) is 0 Å². The molecule has 1 aromatic carbocycles. The number of hydrogen-bond acceptors (Lipinski definition) is 3. The van der Waals surface area contributed by atoms with Crippen molar-refractivity contribution in [2.75, 3.05) is 13.7 Å². The zero-order valence-electron chi connectivity index (χ0n) is 12.3. The smallest absolute Gasteiger partial charge is 0.323 e. The molecule has 0 heterocycles. The van der Waals surface area contributed by atoms with Crippen LogP contribution in [-0.4, -0.2) is 30.3 Å². The predicted octanol–water partition coefficient (Wildman–Crippen LogP) is 2.31. The van der Waals surface area contributed by atoms with Crippen LogP contribution in [0.25, 0.3) is 0 Å². The van der Waals surface area contributed by atoms with E-state index in [0.29, 0.717) is 6.54 Å². The second-order valence-corrected chi connectivity index (χ2v) is 5.38. The second kappa shape index (κ2) is 6.06. The summed E-state index contributed by atoms with van der Waals surface area (Å²) in [5.74, 6) is 0.0421. The normalized spacial score (nSPS) is 11.4. The molecule has 2 N–H and O–H groups in total. The molecule has 0 aromatic heterocycles. The maximum atomic E-state index is 11.0. The van der Waals surface area contributed by atoms with Crippen molar-refractivity contribution in [1.29, 1.82) is 0 Å². The Kier molecular flexibility index (Phi) is 4.95. The summed E-state index contributed by atoms with van der Waals surface area (Å²) in [4.78, 5) is 11.0. The summed E-state index contributed by atoms with van der Waals surface area (Å²) in [6.07, 6.45) is 0.738. The SMILES string of the molecule is COc1c(C)cc(C)cc1CCNC(C)(C)C(=O)O. The fourth-order valence-electron chi connectivity index (χ4n) is 2.11. The molecule has 106 valence electrons. The third kappa shape index (κ3) is 3.96. The first kappa shape index (κ1) is 15.5. The van der Waals surface area contributed by atoms with Crippen molar-refractivity contribution < 1.29 is 14.6 Å². The van der Waals surface area contributed by atoms with Crippen LogP contribution in [0.5, 0.6) is 5.75 Å². The minimum absolute atomic E-state index is 0.596. The van der Waals surface area contributed by atoms with Crippen LogP contribution in [0, 0.1) is 13.8 Å². The number of aliphatic carboxylic acids is 1. The van der Waals surface area contributed by atoms with E-state index in [0.717, 1.165) is 23.3 Å². The summed E-state index contributed by atoms with van der Waals surface area (Å²) in [6, 6.07) is 4.16. The van der Waals surface area contributed by atoms with Gasteiger partial charge in [0, 0.05) is 6.54 Å². The molecular weight excluding hydrogens is 242 g/mol. The van der Waals surface area contributed by atoms with Gasteiger partial charge < -0.3 is 15.2 Å². The molecule has 0 bridgehead atoms. The van der Waals surface area contributed by atoms with E-state index in [-0.39, 0.29) is 0 Å². The van der Waals surface area contributed by atoms with E-state index in [4.69, 9.17) is 9.84 Å². The van der Waals surface area contributed by atoms with Crippen LogP contribution >= 0.6 is 0 Å². The number of methoxy groups -OCH3 is 1. The minimum atomic E-state index is -0.911. The molecule has 0 aliphatic heterocycles. The number of carboxylic acid groups (broad SMARTS) is 1. The van der Waals surface area contributed by atoms with Crippen LogP contribution in [0.15, 0.2) is 12.1 Å². The Morgan fingerprint density at radius 2 is 2.00 bits per heavy atom. The molecule has 4 nitrogen and oxygen atoms in total. The van der Waals surface area contributed by atoms with Crippen LogP contribution in [0.3, 0.4) is 0 Å². The number of carboxylic acids is 1. The Morgan fingerprint density at radius 3 is 2.53 bits per heavy atom. The molecule has 1 aromatic rings. The van der Waals surface area contributed by atoms with E-state index in [1.165, 1.54) is 5.56 Å². The summed E-state index contributed by atoms with van der Waals surface area (Å²) >= 11 is 0. The lowest BCUT2D eigenvalue weighted by Crippen LogP contribution is -2.47. The average molecular weight is 265 g/mol. The highest BCUT2D eigenvalue weighted by molar-refractivity contribution is 5.77. The number of aryl methyl sites for hydroxylation is 2. The van der Waals surface area contributed by atoms with Gasteiger partial charge >= 0.3 is 5.97 Å². The first-order valence-electron chi connectivity index (χ1n) is 6.40. The Hall–Kier alpha value is -1.55. The fourth-order valence-corrected chi connectivity index (χ4v) is 2.11. The lowest BCUT2D eigenvalue weighted by Gasteiger charge is -2.21. The minimum Gasteiger partial charge on any atom is -0.496 e. The number of nitrogens with one attached hydrogen (secondary N) is 1. The standard InChI is InChI=1S/C15H23NO3/c1-10-8-11(2)13(19-5)12(9-10)6-7-16-15(3,4)14(17)18/h8-9,16H,6-7H2,1-5H3,(H,17,18). The first-order valence-corrected chi connectivity index (χ1v) is 6.40. The monoisotopic (exact) mass is 265 g/mol. The first-order chi connectivity index (χ1) is 8.77. The van der Waals surface area contributed by atoms with Gasteiger partial charge in [-0.3, -0.25) is 4.79 Å². The van der Waals surface area contributed by atoms with Crippen molar-refractivity contribution in [1.82, 2.24) is 5.32 Å². The van der Waals surface area contributed by atoms with Crippen LogP contribution in [0.4, 0.5) is 0 Å². The molecule has 19 heavy (non-hydrogen) atoms. The van der Waals surface area contributed by atoms with E-state index < -0.39 is 11.5 Å². The molecule has 0 fully saturated rings. The number of ether oxygens (including phenoxy) is 1. The quantitative estimate of drug-likeness (QED) is 0.828. The fraction of sp³-hybridized carbons (Fsp3) is 0.533. The summed E-state index contributed by atoms with van der Waals surface area (Å²) in [5.41, 5.74) is 2.49. The van der Waals surface area contributed by atoms with Gasteiger partial charge in [-0.25, -0.2) is 0 Å². The number of carbonyl (C=O) groups is 1. The summed E-state index contributed by atoms with van der Waals surface area (Å²) in [7, 11) is 1.66. The molecule has 0 spiro atoms. The molecule has 0 radical (unpaired) electrons. The van der Waals surface area contributed by atoms with Gasteiger partial charge in [-0.05, 0) is 45.2 Å². The molecule has 0 saturated carbocycles. The van der Waals surface area contributed by atoms with Crippen LogP contribution in [-0.2, 0) is 11.2 Å². The van der Waals surface area contributed by atoms with Crippen molar-refractivity contribution in [2.24, 2.45) is 0 Å². The van der Waals surface area contributed by atoms with Crippen molar-refractivity contribution in [2.45, 2.75) is 39.7 Å². The third-order valence-electron chi connectivity index (χ3n) is 3.20. The molecule has 0 atom stereocenters. The molecule has 0 aliphatic carbocycles. The Labute approximate surface area is 114 Å². The molecule has 0 aliphatic rings. The van der Waals surface area contributed by atoms with Gasteiger partial charge in [-0.15, -0.1) is 0 Å². The van der Waals surface area contributed by atoms with E-state index in [1.54, 1.807) is 21.0 Å². The molecular formula is C15H23NO3. The summed E-state index contributed by atoms with van der Waals surface area (Å²) < 4.78 is 5.42. The van der Waals surface area contributed by atoms with Crippen LogP contribution in [0.2, 0.25) is 0 Å². The number of benzene rings is 1. The average Bonchev–Trinajstić information content (AvgIpc) is 2.27. The second-order valence-electron chi connectivity index (χ2n) is 5.38. The van der Waals surface area contributed by atoms with Gasteiger partial charge in [0.2, 0.25) is 0 Å². The Balaban J connectivity index is 2.76. The number of hydrogen-bond donors (Lipinski definition) is 2. The number of rotatable bonds is 6. The van der Waals surface area contributed by atoms with Gasteiger partial charge in [0.1, 0.15) is 11.3 Å². The lowest BCUT2D eigenvalue weighted by molar-refractivity contribution is -0.143. The van der Waals surface area contributed by atoms with E-state index >= 15 is 0 Å². The topological polar surface area (TPSA) is 58.6 Å². The van der Waals surface area contributed by atoms with Crippen LogP contribution in [0.1, 0.15) is 30.5 Å². The third-order valence-corrected chi connectivity index (χ3v) is 3.20. The Bertz CT molecular complexity index is 467. The zero-order chi connectivity index (χ0) is 14.6. The lowest BCUT2D eigenvalue weighted by atomic mass is 10.0. The highest BCUT2D eigenvalue weighted by Gasteiger charge is 2.25. The van der Waals surface area contributed by atoms with Crippen LogP contribution < -0.4 is 10.1 Å². The van der Waals surface area contributed by atoms with E-state index in [9.17, 15) is 4.79 Å². The molecule has 4 heteroatoms. The Morgan fingerprint density at radius 1 is 1.37 bits per heavy atom. The van der Waals surface area contributed by atoms with E-state index in [2.05, 4.69) is 17.4 Å². The highest BCUT2D eigenvalue weighted by Crippen LogP contribution is 2.25. The van der Waals surface area contributed by atoms with E-state index in [1.807, 2.05) is 13.8 Å². The summed E-state index contributed by atoms with van der Waals surface area (Å²) in [6.45, 7) is 7.98. The molecule has 0 unspecified atom stereocenters. The predicted molar refractivity (Wildman–Crippen MR) is 75.9 cm³/mol. The molecule has 0 amide bonds. The van der Waals surface area contributed by atoms with Gasteiger partial charge in [-0.1, -0.05) is 17.7 Å². The maximum Gasteiger partial charge on any atom is 0.323 e. The molecule has 1 rings (SSSR count). The zero-order valence-corrected chi connectivity index (χ0v) is 12.3. The van der Waals surface area contributed by atoms with Crippen molar-refractivity contribution in [3.63, 3.8) is 0 Å². The maximum absolute atomic E-state index is 11.0. The van der Waals surface area contributed by atoms with Gasteiger partial charge in [0.25, 0.3) is 0 Å². The van der Waals surface area contributed by atoms with Crippen molar-refractivity contribution in [3.05, 3.63) is 28.8 Å². The highest BCUT2D eigenvalue weighted by atomic mass is 16.5. The van der Waals surface area contributed by atoms with Gasteiger partial charge in [0.15, 0.2) is 0 Å².